The number of ketones is 1. The number of carbonyl (C=O) groups excluding carboxylic acids is 2. The average molecular weight is 278 g/mol. The van der Waals surface area contributed by atoms with E-state index in [-0.39, 0.29) is 12.4 Å². The van der Waals surface area contributed by atoms with Crippen molar-refractivity contribution in [2.24, 2.45) is 0 Å². The molecule has 104 valence electrons. The van der Waals surface area contributed by atoms with E-state index >= 15 is 0 Å². The highest BCUT2D eigenvalue weighted by atomic mass is 16.5. The SMILES string of the molecule is CCOC(=O)/C=C1/C(=O)c2ccccc2-c2ccccc21. The standard InChI is InChI=1S/C18H14O3/c1-2-21-17(19)11-16-14-9-4-3-7-12(14)13-8-5-6-10-15(13)18(16)20/h3-11H,2H2,1H3/b16-11+. The summed E-state index contributed by atoms with van der Waals surface area (Å²) in [5, 5.41) is 0. The molecule has 0 fully saturated rings. The van der Waals surface area contributed by atoms with E-state index < -0.39 is 5.97 Å². The van der Waals surface area contributed by atoms with Gasteiger partial charge in [-0.25, -0.2) is 4.79 Å². The largest absolute Gasteiger partial charge is 0.463 e. The second-order valence-corrected chi connectivity index (χ2v) is 4.73. The zero-order chi connectivity index (χ0) is 14.8. The van der Waals surface area contributed by atoms with E-state index in [2.05, 4.69) is 0 Å². The van der Waals surface area contributed by atoms with Gasteiger partial charge in [0.15, 0.2) is 5.78 Å². The van der Waals surface area contributed by atoms with Gasteiger partial charge in [-0.2, -0.15) is 0 Å². The number of hydrogen-bond acceptors (Lipinski definition) is 3. The fourth-order valence-corrected chi connectivity index (χ4v) is 2.58. The van der Waals surface area contributed by atoms with Crippen LogP contribution in [-0.2, 0) is 9.53 Å². The zero-order valence-electron chi connectivity index (χ0n) is 11.6. The second kappa shape index (κ2) is 5.37. The number of esters is 1. The molecule has 0 atom stereocenters. The summed E-state index contributed by atoms with van der Waals surface area (Å²) in [6, 6.07) is 15.0. The summed E-state index contributed by atoms with van der Waals surface area (Å²) in [5.74, 6) is -0.632. The van der Waals surface area contributed by atoms with Gasteiger partial charge in [0, 0.05) is 17.2 Å². The monoisotopic (exact) mass is 278 g/mol. The fourth-order valence-electron chi connectivity index (χ4n) is 2.58. The molecule has 0 aliphatic heterocycles. The molecule has 1 aliphatic carbocycles. The Morgan fingerprint density at radius 3 is 2.10 bits per heavy atom. The molecule has 0 amide bonds. The van der Waals surface area contributed by atoms with Crippen LogP contribution in [0.3, 0.4) is 0 Å². The first-order valence-corrected chi connectivity index (χ1v) is 6.84. The van der Waals surface area contributed by atoms with Crippen LogP contribution in [0.5, 0.6) is 0 Å². The Morgan fingerprint density at radius 2 is 1.48 bits per heavy atom. The van der Waals surface area contributed by atoms with Crippen molar-refractivity contribution in [1.82, 2.24) is 0 Å². The topological polar surface area (TPSA) is 43.4 Å². The van der Waals surface area contributed by atoms with Crippen LogP contribution in [0.1, 0.15) is 22.8 Å². The van der Waals surface area contributed by atoms with E-state index in [0.717, 1.165) is 16.7 Å². The highest BCUT2D eigenvalue weighted by molar-refractivity contribution is 6.36. The van der Waals surface area contributed by atoms with Crippen LogP contribution in [-0.4, -0.2) is 18.4 Å². The van der Waals surface area contributed by atoms with E-state index in [4.69, 9.17) is 4.74 Å². The molecule has 0 radical (unpaired) electrons. The lowest BCUT2D eigenvalue weighted by atomic mass is 9.81. The van der Waals surface area contributed by atoms with Crippen LogP contribution in [0.2, 0.25) is 0 Å². The van der Waals surface area contributed by atoms with Gasteiger partial charge in [0.1, 0.15) is 0 Å². The Labute approximate surface area is 122 Å². The smallest absolute Gasteiger partial charge is 0.331 e. The first-order valence-electron chi connectivity index (χ1n) is 6.84. The average Bonchev–Trinajstić information content (AvgIpc) is 2.52. The minimum atomic E-state index is -0.491. The van der Waals surface area contributed by atoms with E-state index in [0.29, 0.717) is 11.1 Å². The molecule has 21 heavy (non-hydrogen) atoms. The van der Waals surface area contributed by atoms with Gasteiger partial charge in [0.25, 0.3) is 0 Å². The van der Waals surface area contributed by atoms with Gasteiger partial charge >= 0.3 is 5.97 Å². The second-order valence-electron chi connectivity index (χ2n) is 4.73. The van der Waals surface area contributed by atoms with Crippen molar-refractivity contribution >= 4 is 17.3 Å². The maximum atomic E-state index is 12.6. The van der Waals surface area contributed by atoms with E-state index in [1.165, 1.54) is 6.08 Å². The molecule has 2 aromatic carbocycles. The molecule has 1 aliphatic rings. The van der Waals surface area contributed by atoms with Crippen molar-refractivity contribution in [3.8, 4) is 11.1 Å². The lowest BCUT2D eigenvalue weighted by Gasteiger charge is -2.21. The molecule has 0 saturated carbocycles. The summed E-state index contributed by atoms with van der Waals surface area (Å²) in [5.41, 5.74) is 3.64. The molecule has 3 heteroatoms. The lowest BCUT2D eigenvalue weighted by molar-refractivity contribution is -0.137. The van der Waals surface area contributed by atoms with Gasteiger partial charge in [-0.05, 0) is 23.6 Å². The molecule has 0 aromatic heterocycles. The molecule has 0 N–H and O–H groups in total. The van der Waals surface area contributed by atoms with Crippen molar-refractivity contribution in [3.63, 3.8) is 0 Å². The highest BCUT2D eigenvalue weighted by Gasteiger charge is 2.27. The molecule has 0 spiro atoms. The molecule has 0 bridgehead atoms. The summed E-state index contributed by atoms with van der Waals surface area (Å²) in [6.45, 7) is 2.03. The lowest BCUT2D eigenvalue weighted by Crippen LogP contribution is -2.13. The third kappa shape index (κ3) is 2.27. The molecular formula is C18H14O3. The first-order chi connectivity index (χ1) is 10.2. The van der Waals surface area contributed by atoms with Gasteiger partial charge in [0.2, 0.25) is 0 Å². The predicted octanol–water partition coefficient (Wildman–Crippen LogP) is 3.50. The van der Waals surface area contributed by atoms with Gasteiger partial charge in [-0.3, -0.25) is 4.79 Å². The number of carbonyl (C=O) groups is 2. The predicted molar refractivity (Wildman–Crippen MR) is 80.8 cm³/mol. The van der Waals surface area contributed by atoms with E-state index in [9.17, 15) is 9.59 Å². The minimum Gasteiger partial charge on any atom is -0.463 e. The Morgan fingerprint density at radius 1 is 0.952 bits per heavy atom. The Bertz CT molecular complexity index is 757. The first kappa shape index (κ1) is 13.3. The van der Waals surface area contributed by atoms with Crippen molar-refractivity contribution in [2.45, 2.75) is 6.92 Å². The van der Waals surface area contributed by atoms with Gasteiger partial charge < -0.3 is 4.74 Å². The van der Waals surface area contributed by atoms with Crippen molar-refractivity contribution in [2.75, 3.05) is 6.61 Å². The van der Waals surface area contributed by atoms with E-state index in [1.807, 2.05) is 42.5 Å². The third-order valence-electron chi connectivity index (χ3n) is 3.47. The Balaban J connectivity index is 2.21. The third-order valence-corrected chi connectivity index (χ3v) is 3.47. The molecule has 0 unspecified atom stereocenters. The van der Waals surface area contributed by atoms with Gasteiger partial charge in [-0.1, -0.05) is 48.5 Å². The van der Waals surface area contributed by atoms with Gasteiger partial charge in [0.05, 0.1) is 6.61 Å². The van der Waals surface area contributed by atoms with Crippen molar-refractivity contribution in [3.05, 3.63) is 65.7 Å². The summed E-state index contributed by atoms with van der Waals surface area (Å²) in [7, 11) is 0. The minimum absolute atomic E-state index is 0.141. The van der Waals surface area contributed by atoms with Crippen LogP contribution in [0.4, 0.5) is 0 Å². The number of hydrogen-bond donors (Lipinski definition) is 0. The van der Waals surface area contributed by atoms with Gasteiger partial charge in [-0.15, -0.1) is 0 Å². The summed E-state index contributed by atoms with van der Waals surface area (Å²) >= 11 is 0. The van der Waals surface area contributed by atoms with Crippen LogP contribution in [0, 0.1) is 0 Å². The number of Topliss-reactive ketones (excluding diaryl/α,β-unsaturated/α-hetero) is 1. The molecule has 3 rings (SSSR count). The maximum Gasteiger partial charge on any atom is 0.331 e. The zero-order valence-corrected chi connectivity index (χ0v) is 11.6. The van der Waals surface area contributed by atoms with Crippen LogP contribution in [0.15, 0.2) is 54.6 Å². The summed E-state index contributed by atoms with van der Waals surface area (Å²) in [6.07, 6.45) is 1.29. The van der Waals surface area contributed by atoms with Crippen LogP contribution >= 0.6 is 0 Å². The molecule has 0 heterocycles. The quantitative estimate of drug-likeness (QED) is 0.624. The normalized spacial score (nSPS) is 14.5. The molecule has 2 aromatic rings. The Kier molecular flexibility index (Phi) is 3.40. The van der Waals surface area contributed by atoms with Crippen molar-refractivity contribution in [1.29, 1.82) is 0 Å². The number of rotatable bonds is 2. The number of allylic oxidation sites excluding steroid dienone is 1. The molecule has 3 nitrogen and oxygen atoms in total. The maximum absolute atomic E-state index is 12.6. The van der Waals surface area contributed by atoms with Crippen molar-refractivity contribution < 1.29 is 14.3 Å². The molecular weight excluding hydrogens is 264 g/mol. The number of benzene rings is 2. The number of fused-ring (bicyclic) bond motifs is 3. The van der Waals surface area contributed by atoms with E-state index in [1.54, 1.807) is 13.0 Å². The molecule has 0 saturated heterocycles. The summed E-state index contributed by atoms with van der Waals surface area (Å²) < 4.78 is 4.93. The Hall–Kier alpha value is -2.68. The summed E-state index contributed by atoms with van der Waals surface area (Å²) in [4.78, 5) is 24.4. The highest BCUT2D eigenvalue weighted by Crippen LogP contribution is 2.38. The van der Waals surface area contributed by atoms with Crippen LogP contribution < -0.4 is 0 Å². The number of ether oxygens (including phenoxy) is 1. The van der Waals surface area contributed by atoms with Crippen LogP contribution in [0.25, 0.3) is 16.7 Å². The fraction of sp³-hybridized carbons (Fsp3) is 0.111.